The molecule has 2 aliphatic heterocycles. The highest BCUT2D eigenvalue weighted by Gasteiger charge is 2.47. The molecule has 1 saturated carbocycles. The van der Waals surface area contributed by atoms with Crippen LogP contribution in [-0.4, -0.2) is 57.1 Å². The molecule has 5 rings (SSSR count). The molecule has 3 aliphatic rings. The van der Waals surface area contributed by atoms with Gasteiger partial charge in [-0.3, -0.25) is 4.79 Å². The van der Waals surface area contributed by atoms with Gasteiger partial charge in [-0.25, -0.2) is 13.1 Å². The molecule has 1 aliphatic carbocycles. The van der Waals surface area contributed by atoms with Gasteiger partial charge in [0.25, 0.3) is 5.91 Å². The maximum absolute atomic E-state index is 13.4. The number of anilines is 1. The molecule has 240 valence electrons. The second-order valence-electron chi connectivity index (χ2n) is 12.7. The van der Waals surface area contributed by atoms with Crippen LogP contribution in [0.15, 0.2) is 48.6 Å². The lowest BCUT2D eigenvalue weighted by atomic mass is 9.63. The van der Waals surface area contributed by atoms with Gasteiger partial charge < -0.3 is 19.5 Å². The molecule has 10 heteroatoms. The fourth-order valence-corrected chi connectivity index (χ4v) is 8.42. The monoisotopic (exact) mass is 644 g/mol. The van der Waals surface area contributed by atoms with Crippen LogP contribution in [0.5, 0.6) is 5.75 Å². The molecule has 2 aromatic carbocycles. The fraction of sp³-hybridized carbons (Fsp3) is 0.559. The Balaban J connectivity index is 1.58. The van der Waals surface area contributed by atoms with Gasteiger partial charge >= 0.3 is 0 Å². The van der Waals surface area contributed by atoms with Crippen molar-refractivity contribution in [1.29, 1.82) is 0 Å². The summed E-state index contributed by atoms with van der Waals surface area (Å²) in [5.41, 5.74) is 2.63. The number of nitrogens with one attached hydrogen (secondary N) is 1. The molecule has 2 heterocycles. The van der Waals surface area contributed by atoms with E-state index in [2.05, 4.69) is 9.62 Å². The number of aliphatic hydroxyl groups excluding tert-OH is 1. The van der Waals surface area contributed by atoms with Crippen LogP contribution in [0.3, 0.4) is 0 Å². The number of allylic oxidation sites excluding steroid dienone is 1. The minimum atomic E-state index is -3.95. The first-order chi connectivity index (χ1) is 21.1. The first-order valence-electron chi connectivity index (χ1n) is 15.8. The summed E-state index contributed by atoms with van der Waals surface area (Å²) in [5.74, 6) is 0.216. The first-order valence-corrected chi connectivity index (χ1v) is 17.7. The van der Waals surface area contributed by atoms with Gasteiger partial charge in [-0.2, -0.15) is 0 Å². The molecule has 1 fully saturated rings. The van der Waals surface area contributed by atoms with Crippen molar-refractivity contribution in [2.75, 3.05) is 31.7 Å². The third-order valence-electron chi connectivity index (χ3n) is 10.1. The molecule has 2 aromatic rings. The average molecular weight is 645 g/mol. The van der Waals surface area contributed by atoms with Gasteiger partial charge in [0.2, 0.25) is 10.0 Å². The maximum Gasteiger partial charge on any atom is 0.264 e. The van der Waals surface area contributed by atoms with Crippen LogP contribution in [0, 0.1) is 17.8 Å². The molecule has 0 unspecified atom stereocenters. The Kier molecular flexibility index (Phi) is 10.3. The minimum absolute atomic E-state index is 0.0118. The summed E-state index contributed by atoms with van der Waals surface area (Å²) in [7, 11) is -2.25. The Labute approximate surface area is 266 Å². The first kappa shape index (κ1) is 32.8. The lowest BCUT2D eigenvalue weighted by Crippen LogP contribution is -2.51. The highest BCUT2D eigenvalue weighted by molar-refractivity contribution is 7.90. The van der Waals surface area contributed by atoms with Crippen molar-refractivity contribution in [1.82, 2.24) is 4.72 Å². The van der Waals surface area contributed by atoms with Gasteiger partial charge in [0, 0.05) is 43.8 Å². The van der Waals surface area contributed by atoms with Crippen LogP contribution in [0.4, 0.5) is 5.69 Å². The Morgan fingerprint density at radius 2 is 1.95 bits per heavy atom. The normalized spacial score (nSPS) is 29.9. The number of sulfonamides is 1. The summed E-state index contributed by atoms with van der Waals surface area (Å²) in [6, 6.07) is 11.1. The average Bonchev–Trinajstić information content (AvgIpc) is 3.01. The largest absolute Gasteiger partial charge is 0.487 e. The Bertz CT molecular complexity index is 1480. The van der Waals surface area contributed by atoms with Crippen LogP contribution >= 0.6 is 11.6 Å². The SMILES string of the molecule is CO[C@]1(CCO)/C=C/C[C@H](C)[C@@H](C)S(=O)(=O)NC(=O)c2ccc3c(c2)N(CCCCc2cc(Cl)ccc2CO3)C[C@@H]2CC[C@H]21. The van der Waals surface area contributed by atoms with Crippen LogP contribution in [0.25, 0.3) is 0 Å². The number of methoxy groups -OCH3 is 1. The molecule has 2 N–H and O–H groups in total. The van der Waals surface area contributed by atoms with Crippen molar-refractivity contribution in [3.8, 4) is 5.75 Å². The number of benzene rings is 2. The number of hydrogen-bond acceptors (Lipinski definition) is 7. The van der Waals surface area contributed by atoms with E-state index >= 15 is 0 Å². The van der Waals surface area contributed by atoms with Crippen molar-refractivity contribution in [3.63, 3.8) is 0 Å². The van der Waals surface area contributed by atoms with Crippen molar-refractivity contribution in [3.05, 3.63) is 70.3 Å². The summed E-state index contributed by atoms with van der Waals surface area (Å²) in [6.07, 6.45) is 9.74. The van der Waals surface area contributed by atoms with Gasteiger partial charge in [0.1, 0.15) is 12.4 Å². The number of rotatable bonds is 3. The molecule has 0 spiro atoms. The molecule has 2 bridgehead atoms. The van der Waals surface area contributed by atoms with E-state index in [0.29, 0.717) is 36.1 Å². The minimum Gasteiger partial charge on any atom is -0.487 e. The number of hydrogen-bond donors (Lipinski definition) is 2. The number of ether oxygens (including phenoxy) is 2. The van der Waals surface area contributed by atoms with Gasteiger partial charge in [0.15, 0.2) is 0 Å². The van der Waals surface area contributed by atoms with E-state index in [-0.39, 0.29) is 24.0 Å². The summed E-state index contributed by atoms with van der Waals surface area (Å²) >= 11 is 6.33. The quantitative estimate of drug-likeness (QED) is 0.401. The number of halogens is 1. The second kappa shape index (κ2) is 13.8. The van der Waals surface area contributed by atoms with Crippen LogP contribution < -0.4 is 14.4 Å². The van der Waals surface area contributed by atoms with Crippen molar-refractivity contribution in [2.45, 2.75) is 76.3 Å². The zero-order chi connectivity index (χ0) is 31.5. The maximum atomic E-state index is 13.4. The molecule has 8 nitrogen and oxygen atoms in total. The molecular formula is C34H45ClN2O6S. The van der Waals surface area contributed by atoms with Crippen molar-refractivity contribution < 1.29 is 27.8 Å². The summed E-state index contributed by atoms with van der Waals surface area (Å²) < 4.78 is 41.6. The summed E-state index contributed by atoms with van der Waals surface area (Å²) in [4.78, 5) is 15.7. The Morgan fingerprint density at radius 3 is 2.68 bits per heavy atom. The third-order valence-corrected chi connectivity index (χ3v) is 12.2. The molecule has 0 radical (unpaired) electrons. The predicted octanol–water partition coefficient (Wildman–Crippen LogP) is 5.90. The van der Waals surface area contributed by atoms with E-state index in [1.165, 1.54) is 5.56 Å². The molecule has 44 heavy (non-hydrogen) atoms. The van der Waals surface area contributed by atoms with E-state index in [0.717, 1.165) is 56.4 Å². The van der Waals surface area contributed by atoms with E-state index in [4.69, 9.17) is 21.1 Å². The number of carbonyl (C=O) groups is 1. The molecular weight excluding hydrogens is 600 g/mol. The smallest absolute Gasteiger partial charge is 0.264 e. The lowest BCUT2D eigenvalue weighted by Gasteiger charge is -2.50. The molecule has 0 aromatic heterocycles. The van der Waals surface area contributed by atoms with E-state index < -0.39 is 26.8 Å². The van der Waals surface area contributed by atoms with Gasteiger partial charge in [-0.05, 0) is 105 Å². The Hall–Kier alpha value is -2.59. The van der Waals surface area contributed by atoms with E-state index in [1.807, 2.05) is 37.3 Å². The molecule has 0 saturated heterocycles. The van der Waals surface area contributed by atoms with Crippen LogP contribution in [0.2, 0.25) is 5.02 Å². The van der Waals surface area contributed by atoms with Gasteiger partial charge in [-0.15, -0.1) is 0 Å². The second-order valence-corrected chi connectivity index (χ2v) is 15.1. The van der Waals surface area contributed by atoms with Crippen LogP contribution in [-0.2, 0) is 27.8 Å². The van der Waals surface area contributed by atoms with Crippen molar-refractivity contribution in [2.24, 2.45) is 17.8 Å². The van der Waals surface area contributed by atoms with Gasteiger partial charge in [0.05, 0.1) is 16.5 Å². The lowest BCUT2D eigenvalue weighted by molar-refractivity contribution is -0.0863. The standard InChI is InChI=1S/C34H45ClN2O6S/c1-23-7-6-15-34(42-3,16-18-38)30-13-10-27(30)21-37-17-5-4-8-25-19-29(35)12-9-28(25)22-43-32-14-11-26(20-31(32)37)33(39)36-44(40,41)24(23)2/h6,9,11-12,14-15,19-20,23-24,27,30,38H,4-5,7-8,10,13,16-18,21-22H2,1-3H3,(H,36,39)/b15-6+/t23-,24+,27-,30+,34-/m0/s1. The van der Waals surface area contributed by atoms with Crippen molar-refractivity contribution >= 4 is 33.2 Å². The topological polar surface area (TPSA) is 105 Å². The Morgan fingerprint density at radius 1 is 1.14 bits per heavy atom. The number of fused-ring (bicyclic) bond motifs is 3. The van der Waals surface area contributed by atoms with Crippen LogP contribution in [0.1, 0.15) is 73.9 Å². The van der Waals surface area contributed by atoms with E-state index in [9.17, 15) is 18.3 Å². The van der Waals surface area contributed by atoms with E-state index in [1.54, 1.807) is 32.2 Å². The number of nitrogens with zero attached hydrogens (tertiary/aromatic N) is 1. The number of carbonyl (C=O) groups excluding carboxylic acids is 1. The zero-order valence-electron chi connectivity index (χ0n) is 25.9. The summed E-state index contributed by atoms with van der Waals surface area (Å²) in [6.45, 7) is 5.30. The number of aliphatic hydroxyl groups is 1. The fourth-order valence-electron chi connectivity index (χ4n) is 6.94. The summed E-state index contributed by atoms with van der Waals surface area (Å²) in [5, 5.41) is 9.98. The highest BCUT2D eigenvalue weighted by atomic mass is 35.5. The molecule has 5 atom stereocenters. The number of aryl methyl sites for hydroxylation is 1. The zero-order valence-corrected chi connectivity index (χ0v) is 27.5. The highest BCUT2D eigenvalue weighted by Crippen LogP contribution is 2.47. The number of amides is 1. The third kappa shape index (κ3) is 6.96. The predicted molar refractivity (Wildman–Crippen MR) is 174 cm³/mol. The molecule has 1 amide bonds. The van der Waals surface area contributed by atoms with Gasteiger partial charge in [-0.1, -0.05) is 36.7 Å².